The van der Waals surface area contributed by atoms with Crippen molar-refractivity contribution < 1.29 is 9.47 Å². The lowest BCUT2D eigenvalue weighted by Crippen LogP contribution is -2.42. The molecular weight excluding hydrogens is 290 g/mol. The molecular formula is C18H21N3O2. The van der Waals surface area contributed by atoms with Crippen LogP contribution in [0.1, 0.15) is 18.5 Å². The van der Waals surface area contributed by atoms with E-state index in [0.29, 0.717) is 11.9 Å². The fraction of sp³-hybridized carbons (Fsp3) is 0.444. The molecule has 4 rings (SSSR count). The van der Waals surface area contributed by atoms with Crippen LogP contribution in [0.2, 0.25) is 0 Å². The van der Waals surface area contributed by atoms with Crippen molar-refractivity contribution in [2.75, 3.05) is 13.2 Å². The molecule has 0 spiro atoms. The van der Waals surface area contributed by atoms with Crippen molar-refractivity contribution in [2.45, 2.75) is 37.6 Å². The predicted molar refractivity (Wildman–Crippen MR) is 86.1 cm³/mol. The van der Waals surface area contributed by atoms with Gasteiger partial charge < -0.3 is 9.47 Å². The van der Waals surface area contributed by atoms with E-state index in [0.717, 1.165) is 38.2 Å². The highest BCUT2D eigenvalue weighted by atomic mass is 16.5. The monoisotopic (exact) mass is 311 g/mol. The number of likely N-dealkylation sites (tertiary alicyclic amines) is 1. The van der Waals surface area contributed by atoms with Crippen molar-refractivity contribution in [1.82, 2.24) is 14.9 Å². The van der Waals surface area contributed by atoms with Gasteiger partial charge in [-0.3, -0.25) is 9.88 Å². The molecule has 4 heterocycles. The average molecular weight is 311 g/mol. The highest BCUT2D eigenvalue weighted by Gasteiger charge is 2.45. The quantitative estimate of drug-likeness (QED) is 0.867. The van der Waals surface area contributed by atoms with E-state index in [9.17, 15) is 0 Å². The fourth-order valence-electron chi connectivity index (χ4n) is 3.56. The SMILES string of the molecule is c1ccc(CN2C[C@@H](Oc3ccccn3)[C@H]3OCCC[C@H]32)nc1. The maximum atomic E-state index is 6.11. The zero-order valence-corrected chi connectivity index (χ0v) is 13.0. The molecule has 0 bridgehead atoms. The second-order valence-corrected chi connectivity index (χ2v) is 6.12. The lowest BCUT2D eigenvalue weighted by molar-refractivity contribution is -0.0480. The summed E-state index contributed by atoms with van der Waals surface area (Å²) in [6.45, 7) is 2.51. The van der Waals surface area contributed by atoms with Gasteiger partial charge in [-0.25, -0.2) is 4.98 Å². The molecule has 2 aliphatic rings. The van der Waals surface area contributed by atoms with E-state index in [1.807, 2.05) is 36.5 Å². The molecule has 2 saturated heterocycles. The molecule has 120 valence electrons. The molecule has 0 unspecified atom stereocenters. The predicted octanol–water partition coefficient (Wildman–Crippen LogP) is 2.29. The Bertz CT molecular complexity index is 567. The van der Waals surface area contributed by atoms with Gasteiger partial charge in [-0.05, 0) is 31.0 Å². The first-order valence-electron chi connectivity index (χ1n) is 8.23. The van der Waals surface area contributed by atoms with Gasteiger partial charge >= 0.3 is 0 Å². The van der Waals surface area contributed by atoms with Gasteiger partial charge in [-0.2, -0.15) is 0 Å². The first-order valence-corrected chi connectivity index (χ1v) is 8.23. The van der Waals surface area contributed by atoms with Crippen molar-refractivity contribution >= 4 is 0 Å². The van der Waals surface area contributed by atoms with Gasteiger partial charge in [0.2, 0.25) is 5.88 Å². The maximum Gasteiger partial charge on any atom is 0.213 e. The first-order chi connectivity index (χ1) is 11.4. The largest absolute Gasteiger partial charge is 0.470 e. The number of ether oxygens (including phenoxy) is 2. The van der Waals surface area contributed by atoms with Gasteiger partial charge in [-0.1, -0.05) is 12.1 Å². The molecule has 0 amide bonds. The fourth-order valence-corrected chi connectivity index (χ4v) is 3.56. The third-order valence-electron chi connectivity index (χ3n) is 4.58. The van der Waals surface area contributed by atoms with Crippen molar-refractivity contribution in [2.24, 2.45) is 0 Å². The van der Waals surface area contributed by atoms with E-state index in [-0.39, 0.29) is 12.2 Å². The average Bonchev–Trinajstić information content (AvgIpc) is 2.95. The summed E-state index contributed by atoms with van der Waals surface area (Å²) in [4.78, 5) is 11.2. The van der Waals surface area contributed by atoms with Crippen molar-refractivity contribution in [1.29, 1.82) is 0 Å². The van der Waals surface area contributed by atoms with E-state index in [4.69, 9.17) is 9.47 Å². The zero-order valence-electron chi connectivity index (χ0n) is 13.0. The molecule has 0 radical (unpaired) electrons. The molecule has 2 aliphatic heterocycles. The number of aromatic nitrogens is 2. The van der Waals surface area contributed by atoms with Gasteiger partial charge in [0.1, 0.15) is 12.2 Å². The van der Waals surface area contributed by atoms with Crippen molar-refractivity contribution in [3.8, 4) is 5.88 Å². The van der Waals surface area contributed by atoms with Gasteiger partial charge in [0, 0.05) is 44.2 Å². The number of hydrogen-bond donors (Lipinski definition) is 0. The van der Waals surface area contributed by atoms with Gasteiger partial charge in [0.05, 0.1) is 5.69 Å². The molecule has 0 aliphatic carbocycles. The molecule has 2 fully saturated rings. The molecule has 2 aromatic heterocycles. The summed E-state index contributed by atoms with van der Waals surface area (Å²) in [5.41, 5.74) is 1.09. The lowest BCUT2D eigenvalue weighted by atomic mass is 10.0. The Balaban J connectivity index is 1.50. The van der Waals surface area contributed by atoms with Crippen LogP contribution < -0.4 is 4.74 Å². The van der Waals surface area contributed by atoms with Crippen molar-refractivity contribution in [3.05, 3.63) is 54.5 Å². The maximum absolute atomic E-state index is 6.11. The summed E-state index contributed by atoms with van der Waals surface area (Å²) in [6, 6.07) is 12.2. The Hall–Kier alpha value is -1.98. The summed E-state index contributed by atoms with van der Waals surface area (Å²) < 4.78 is 12.2. The second-order valence-electron chi connectivity index (χ2n) is 6.12. The lowest BCUT2D eigenvalue weighted by Gasteiger charge is -2.32. The summed E-state index contributed by atoms with van der Waals surface area (Å²) >= 11 is 0. The van der Waals surface area contributed by atoms with E-state index < -0.39 is 0 Å². The molecule has 5 heteroatoms. The van der Waals surface area contributed by atoms with Gasteiger partial charge in [-0.15, -0.1) is 0 Å². The Morgan fingerprint density at radius 3 is 2.78 bits per heavy atom. The Kier molecular flexibility index (Phi) is 4.22. The van der Waals surface area contributed by atoms with Crippen LogP contribution in [-0.4, -0.2) is 46.3 Å². The van der Waals surface area contributed by atoms with Crippen LogP contribution in [0.5, 0.6) is 5.88 Å². The molecule has 0 aromatic carbocycles. The minimum atomic E-state index is 0.0268. The highest BCUT2D eigenvalue weighted by molar-refractivity contribution is 5.12. The highest BCUT2D eigenvalue weighted by Crippen LogP contribution is 2.32. The molecule has 0 N–H and O–H groups in total. The number of fused-ring (bicyclic) bond motifs is 1. The smallest absolute Gasteiger partial charge is 0.213 e. The van der Waals surface area contributed by atoms with E-state index in [1.54, 1.807) is 6.20 Å². The van der Waals surface area contributed by atoms with Crippen LogP contribution in [0.25, 0.3) is 0 Å². The standard InChI is InChI=1S/C18H21N3O2/c1-3-9-19-14(6-1)12-21-13-16(18-15(21)7-5-11-22-18)23-17-8-2-4-10-20-17/h1-4,6,8-10,15-16,18H,5,7,11-13H2/t15-,16-,18+/m1/s1. The van der Waals surface area contributed by atoms with Crippen molar-refractivity contribution in [3.63, 3.8) is 0 Å². The number of hydrogen-bond acceptors (Lipinski definition) is 5. The van der Waals surface area contributed by atoms with Crippen LogP contribution in [0.4, 0.5) is 0 Å². The Morgan fingerprint density at radius 2 is 2.00 bits per heavy atom. The number of nitrogens with zero attached hydrogens (tertiary/aromatic N) is 3. The summed E-state index contributed by atoms with van der Waals surface area (Å²) in [7, 11) is 0. The third-order valence-corrected chi connectivity index (χ3v) is 4.58. The number of rotatable bonds is 4. The summed E-state index contributed by atoms with van der Waals surface area (Å²) in [6.07, 6.45) is 6.01. The van der Waals surface area contributed by atoms with E-state index >= 15 is 0 Å². The molecule has 23 heavy (non-hydrogen) atoms. The molecule has 2 aromatic rings. The topological polar surface area (TPSA) is 47.5 Å². The summed E-state index contributed by atoms with van der Waals surface area (Å²) in [5.74, 6) is 0.671. The van der Waals surface area contributed by atoms with Gasteiger partial charge in [0.25, 0.3) is 0 Å². The van der Waals surface area contributed by atoms with E-state index in [2.05, 4.69) is 20.9 Å². The zero-order chi connectivity index (χ0) is 15.5. The molecule has 3 atom stereocenters. The number of pyridine rings is 2. The van der Waals surface area contributed by atoms with Crippen LogP contribution in [-0.2, 0) is 11.3 Å². The minimum Gasteiger partial charge on any atom is -0.470 e. The van der Waals surface area contributed by atoms with Crippen LogP contribution in [0.3, 0.4) is 0 Å². The third kappa shape index (κ3) is 3.21. The molecule has 5 nitrogen and oxygen atoms in total. The summed E-state index contributed by atoms with van der Waals surface area (Å²) in [5, 5.41) is 0. The minimum absolute atomic E-state index is 0.0268. The Morgan fingerprint density at radius 1 is 1.13 bits per heavy atom. The Labute approximate surface area is 136 Å². The first kappa shape index (κ1) is 14.6. The van der Waals surface area contributed by atoms with Crippen LogP contribution in [0, 0.1) is 0 Å². The van der Waals surface area contributed by atoms with Gasteiger partial charge in [0.15, 0.2) is 0 Å². The van der Waals surface area contributed by atoms with Crippen LogP contribution >= 0.6 is 0 Å². The normalized spacial score (nSPS) is 27.6. The van der Waals surface area contributed by atoms with Crippen LogP contribution in [0.15, 0.2) is 48.8 Å². The second kappa shape index (κ2) is 6.64. The van der Waals surface area contributed by atoms with E-state index in [1.165, 1.54) is 0 Å². The molecule has 0 saturated carbocycles.